The minimum atomic E-state index is -3.87. The van der Waals surface area contributed by atoms with Crippen LogP contribution < -0.4 is 10.5 Å². The van der Waals surface area contributed by atoms with Gasteiger partial charge >= 0.3 is 0 Å². The number of nitrogens with one attached hydrogen (secondary N) is 1. The van der Waals surface area contributed by atoms with Crippen molar-refractivity contribution in [3.8, 4) is 0 Å². The fourth-order valence-corrected chi connectivity index (χ4v) is 4.66. The van der Waals surface area contributed by atoms with Crippen LogP contribution in [0.25, 0.3) is 0 Å². The van der Waals surface area contributed by atoms with Crippen molar-refractivity contribution in [2.24, 2.45) is 5.73 Å². The zero-order valence-electron chi connectivity index (χ0n) is 13.3. The first kappa shape index (κ1) is 18.6. The summed E-state index contributed by atoms with van der Waals surface area (Å²) in [6, 6.07) is 4.61. The largest absolute Gasteiger partial charge is 0.369 e. The number of nitrogens with zero attached hydrogens (tertiary/aromatic N) is 2. The molecular weight excluding hydrogens is 372 g/mol. The fourth-order valence-electron chi connectivity index (χ4n) is 1.97. The molecule has 24 heavy (non-hydrogen) atoms. The van der Waals surface area contributed by atoms with Crippen molar-refractivity contribution in [2.45, 2.75) is 37.5 Å². The fraction of sp³-hybridized carbons (Fsp3) is 0.357. The Morgan fingerprint density at radius 1 is 1.42 bits per heavy atom. The molecule has 0 saturated carbocycles. The molecule has 2 rings (SSSR count). The summed E-state index contributed by atoms with van der Waals surface area (Å²) in [5.74, 6) is -0.541. The minimum Gasteiger partial charge on any atom is -0.369 e. The molecule has 0 radical (unpaired) electrons. The minimum absolute atomic E-state index is 0.0555. The number of nitrogens with two attached hydrogens (primary N) is 1. The molecule has 0 spiro atoms. The van der Waals surface area contributed by atoms with Gasteiger partial charge in [-0.3, -0.25) is 9.52 Å². The van der Waals surface area contributed by atoms with Crippen LogP contribution in [-0.2, 0) is 20.2 Å². The molecule has 1 heterocycles. The molecule has 130 valence electrons. The molecule has 1 aromatic heterocycles. The van der Waals surface area contributed by atoms with Crippen LogP contribution in [0.2, 0.25) is 5.02 Å². The van der Waals surface area contributed by atoms with Gasteiger partial charge in [0.15, 0.2) is 0 Å². The maximum Gasteiger partial charge on any atom is 0.264 e. The normalized spacial score (nSPS) is 14.2. The highest BCUT2D eigenvalue weighted by Gasteiger charge is 2.35. The van der Waals surface area contributed by atoms with Crippen molar-refractivity contribution < 1.29 is 13.2 Å². The van der Waals surface area contributed by atoms with Gasteiger partial charge in [0.2, 0.25) is 11.0 Å². The lowest BCUT2D eigenvalue weighted by Crippen LogP contribution is -2.37. The number of anilines is 1. The van der Waals surface area contributed by atoms with Crippen LogP contribution in [0.1, 0.15) is 30.8 Å². The number of carbonyl (C=O) groups is 1. The number of sulfonamides is 1. The van der Waals surface area contributed by atoms with Crippen molar-refractivity contribution in [3.63, 3.8) is 0 Å². The Morgan fingerprint density at radius 3 is 2.67 bits per heavy atom. The molecule has 7 nitrogen and oxygen atoms in total. The van der Waals surface area contributed by atoms with Gasteiger partial charge in [-0.2, -0.15) is 0 Å². The summed E-state index contributed by atoms with van der Waals surface area (Å²) in [4.78, 5) is 11.7. The Labute approximate surface area is 149 Å². The molecule has 1 unspecified atom stereocenters. The third-order valence-corrected chi connectivity index (χ3v) is 7.00. The molecule has 3 N–H and O–H groups in total. The van der Waals surface area contributed by atoms with E-state index in [1.54, 1.807) is 32.9 Å². The van der Waals surface area contributed by atoms with Crippen LogP contribution in [0, 0.1) is 6.92 Å². The zero-order valence-corrected chi connectivity index (χ0v) is 15.7. The number of amides is 1. The van der Waals surface area contributed by atoms with Gasteiger partial charge in [-0.15, -0.1) is 10.2 Å². The second-order valence-corrected chi connectivity index (χ2v) is 8.47. The van der Waals surface area contributed by atoms with Crippen molar-refractivity contribution in [1.29, 1.82) is 0 Å². The van der Waals surface area contributed by atoms with Crippen molar-refractivity contribution >= 4 is 44.0 Å². The SMILES string of the molecule is CCC(C)(C(N)=O)c1nnc(NS(=O)(=O)c2cccc(Cl)c2C)s1. The number of benzene rings is 1. The summed E-state index contributed by atoms with van der Waals surface area (Å²) < 4.78 is 27.4. The summed E-state index contributed by atoms with van der Waals surface area (Å²) in [6.45, 7) is 5.06. The van der Waals surface area contributed by atoms with Crippen molar-refractivity contribution in [1.82, 2.24) is 10.2 Å². The first-order chi connectivity index (χ1) is 11.1. The molecular formula is C14H17ClN4O3S2. The van der Waals surface area contributed by atoms with Gasteiger partial charge in [0.1, 0.15) is 5.01 Å². The predicted octanol–water partition coefficient (Wildman–Crippen LogP) is 2.45. The van der Waals surface area contributed by atoms with E-state index in [0.29, 0.717) is 22.0 Å². The van der Waals surface area contributed by atoms with Crippen LogP contribution in [0.4, 0.5) is 5.13 Å². The van der Waals surface area contributed by atoms with E-state index in [1.807, 2.05) is 0 Å². The Balaban J connectivity index is 2.36. The van der Waals surface area contributed by atoms with Crippen LogP contribution in [0.3, 0.4) is 0 Å². The monoisotopic (exact) mass is 388 g/mol. The van der Waals surface area contributed by atoms with E-state index in [9.17, 15) is 13.2 Å². The second-order valence-electron chi connectivity index (χ2n) is 5.43. The maximum atomic E-state index is 12.5. The molecule has 0 aliphatic rings. The van der Waals surface area contributed by atoms with Gasteiger partial charge in [0, 0.05) is 5.02 Å². The second kappa shape index (κ2) is 6.66. The topological polar surface area (TPSA) is 115 Å². The number of primary amides is 1. The molecule has 0 bridgehead atoms. The van der Waals surface area contributed by atoms with Gasteiger partial charge in [-0.25, -0.2) is 8.42 Å². The van der Waals surface area contributed by atoms with E-state index in [-0.39, 0.29) is 10.0 Å². The summed E-state index contributed by atoms with van der Waals surface area (Å²) in [5.41, 5.74) is 4.87. The lowest BCUT2D eigenvalue weighted by molar-refractivity contribution is -0.123. The standard InChI is InChI=1S/C14H17ClN4O3S2/c1-4-14(3,11(16)20)12-17-18-13(23-12)19-24(21,22)10-7-5-6-9(15)8(10)2/h5-7H,4H2,1-3H3,(H2,16,20)(H,18,19). The van der Waals surface area contributed by atoms with E-state index in [1.165, 1.54) is 6.07 Å². The van der Waals surface area contributed by atoms with Crippen LogP contribution in [-0.4, -0.2) is 24.5 Å². The Morgan fingerprint density at radius 2 is 2.08 bits per heavy atom. The average molecular weight is 389 g/mol. The van der Waals surface area contributed by atoms with Crippen molar-refractivity contribution in [2.75, 3.05) is 4.72 Å². The Hall–Kier alpha value is -1.71. The van der Waals surface area contributed by atoms with E-state index >= 15 is 0 Å². The number of hydrogen-bond acceptors (Lipinski definition) is 6. The van der Waals surface area contributed by atoms with Gasteiger partial charge in [-0.1, -0.05) is 35.9 Å². The average Bonchev–Trinajstić information content (AvgIpc) is 2.96. The highest BCUT2D eigenvalue weighted by Crippen LogP contribution is 2.32. The molecule has 10 heteroatoms. The molecule has 1 atom stereocenters. The first-order valence-corrected chi connectivity index (χ1v) is 9.71. The van der Waals surface area contributed by atoms with Crippen LogP contribution in [0.15, 0.2) is 23.1 Å². The van der Waals surface area contributed by atoms with Crippen molar-refractivity contribution in [3.05, 3.63) is 33.8 Å². The predicted molar refractivity (Wildman–Crippen MR) is 93.7 cm³/mol. The lowest BCUT2D eigenvalue weighted by atomic mass is 9.88. The lowest BCUT2D eigenvalue weighted by Gasteiger charge is -2.20. The number of halogens is 1. The smallest absolute Gasteiger partial charge is 0.264 e. The van der Waals surface area contributed by atoms with Crippen LogP contribution in [0.5, 0.6) is 0 Å². The Kier molecular flexibility index (Phi) is 5.17. The third kappa shape index (κ3) is 3.38. The number of carbonyl (C=O) groups excluding carboxylic acids is 1. The molecule has 1 amide bonds. The van der Waals surface area contributed by atoms with Gasteiger partial charge in [0.05, 0.1) is 10.3 Å². The molecule has 1 aromatic carbocycles. The third-order valence-electron chi connectivity index (χ3n) is 3.88. The summed E-state index contributed by atoms with van der Waals surface area (Å²) >= 11 is 6.95. The molecule has 2 aromatic rings. The molecule has 0 saturated heterocycles. The van der Waals surface area contributed by atoms with Gasteiger partial charge in [0.25, 0.3) is 10.0 Å². The van der Waals surface area contributed by atoms with Gasteiger partial charge in [-0.05, 0) is 38.0 Å². The van der Waals surface area contributed by atoms with Gasteiger partial charge < -0.3 is 5.73 Å². The molecule has 0 fully saturated rings. The quantitative estimate of drug-likeness (QED) is 0.788. The summed E-state index contributed by atoms with van der Waals surface area (Å²) in [6.07, 6.45) is 0.428. The summed E-state index contributed by atoms with van der Waals surface area (Å²) in [5, 5.41) is 8.50. The Bertz CT molecular complexity index is 882. The highest BCUT2D eigenvalue weighted by atomic mass is 35.5. The number of hydrogen-bond donors (Lipinski definition) is 2. The maximum absolute atomic E-state index is 12.5. The van der Waals surface area contributed by atoms with E-state index < -0.39 is 21.3 Å². The molecule has 0 aliphatic carbocycles. The zero-order chi connectivity index (χ0) is 18.1. The highest BCUT2D eigenvalue weighted by molar-refractivity contribution is 7.93. The number of rotatable bonds is 6. The van der Waals surface area contributed by atoms with E-state index in [0.717, 1.165) is 11.3 Å². The first-order valence-electron chi connectivity index (χ1n) is 7.03. The van der Waals surface area contributed by atoms with E-state index in [4.69, 9.17) is 17.3 Å². The van der Waals surface area contributed by atoms with E-state index in [2.05, 4.69) is 14.9 Å². The summed E-state index contributed by atoms with van der Waals surface area (Å²) in [7, 11) is -3.87. The van der Waals surface area contributed by atoms with Crippen LogP contribution >= 0.6 is 22.9 Å². The molecule has 0 aliphatic heterocycles. The number of aromatic nitrogens is 2.